The lowest BCUT2D eigenvalue weighted by Gasteiger charge is -2.21. The zero-order valence-corrected chi connectivity index (χ0v) is 18.3. The Morgan fingerprint density at radius 1 is 1.03 bits per heavy atom. The van der Waals surface area contributed by atoms with Crippen molar-refractivity contribution < 1.29 is 13.2 Å². The van der Waals surface area contributed by atoms with Crippen LogP contribution in [0.2, 0.25) is 0 Å². The van der Waals surface area contributed by atoms with E-state index in [0.29, 0.717) is 0 Å². The number of likely N-dealkylation sites (tertiary alicyclic amines) is 1. The molecule has 1 saturated heterocycles. The van der Waals surface area contributed by atoms with Crippen LogP contribution in [0.15, 0.2) is 17.6 Å². The van der Waals surface area contributed by atoms with Gasteiger partial charge in [-0.05, 0) is 98.9 Å². The summed E-state index contributed by atoms with van der Waals surface area (Å²) in [4.78, 5) is 15.0. The zero-order valence-electron chi connectivity index (χ0n) is 17.5. The topological polar surface area (TPSA) is 78.5 Å². The predicted octanol–water partition coefficient (Wildman–Crippen LogP) is 3.50. The van der Waals surface area contributed by atoms with E-state index in [2.05, 4.69) is 21.0 Å². The van der Waals surface area contributed by atoms with Crippen LogP contribution in [0.5, 0.6) is 0 Å². The molecule has 6 nitrogen and oxygen atoms in total. The molecule has 2 fully saturated rings. The van der Waals surface area contributed by atoms with Gasteiger partial charge in [-0.2, -0.15) is 0 Å². The number of hydrogen-bond donors (Lipinski definition) is 2. The number of hydrogen-bond acceptors (Lipinski definition) is 4. The first kappa shape index (κ1) is 20.1. The summed E-state index contributed by atoms with van der Waals surface area (Å²) >= 11 is 0. The highest BCUT2D eigenvalue weighted by atomic mass is 32.2. The minimum atomic E-state index is -3.82. The van der Waals surface area contributed by atoms with Crippen LogP contribution in [0.1, 0.15) is 60.8 Å². The highest BCUT2D eigenvalue weighted by Crippen LogP contribution is 2.38. The average Bonchev–Trinajstić information content (AvgIpc) is 3.09. The molecular formula is C23H31N3O3S. The molecule has 1 aromatic rings. The molecule has 5 rings (SSSR count). The third kappa shape index (κ3) is 4.28. The van der Waals surface area contributed by atoms with E-state index < -0.39 is 16.1 Å². The molecule has 4 aliphatic rings. The van der Waals surface area contributed by atoms with Gasteiger partial charge in [0, 0.05) is 23.7 Å². The number of nitrogens with zero attached hydrogens (tertiary/aromatic N) is 1. The highest BCUT2D eigenvalue weighted by Gasteiger charge is 2.30. The Morgan fingerprint density at radius 3 is 2.40 bits per heavy atom. The third-order valence-electron chi connectivity index (χ3n) is 7.03. The van der Waals surface area contributed by atoms with Crippen LogP contribution in [0.3, 0.4) is 0 Å². The van der Waals surface area contributed by atoms with Crippen molar-refractivity contribution in [1.82, 2.24) is 9.62 Å². The van der Waals surface area contributed by atoms with Crippen molar-refractivity contribution in [3.63, 3.8) is 0 Å². The van der Waals surface area contributed by atoms with Gasteiger partial charge in [-0.25, -0.2) is 17.9 Å². The maximum atomic E-state index is 12.6. The SMILES string of the molecule is O=C(Nc1c2c(cc3c1CCC3)CCC2)NS(=O)(=O)/C=C/C1CCCN1CC1CC1. The molecule has 1 aliphatic heterocycles. The molecule has 0 aromatic heterocycles. The fourth-order valence-electron chi connectivity index (χ4n) is 5.39. The second-order valence-electron chi connectivity index (χ2n) is 9.31. The maximum absolute atomic E-state index is 12.6. The lowest BCUT2D eigenvalue weighted by molar-refractivity contribution is 0.256. The van der Waals surface area contributed by atoms with E-state index >= 15 is 0 Å². The molecule has 3 aliphatic carbocycles. The summed E-state index contributed by atoms with van der Waals surface area (Å²) in [7, 11) is -3.82. The molecule has 0 radical (unpaired) electrons. The molecular weight excluding hydrogens is 398 g/mol. The molecule has 2 amide bonds. The van der Waals surface area contributed by atoms with Crippen molar-refractivity contribution in [1.29, 1.82) is 0 Å². The molecule has 30 heavy (non-hydrogen) atoms. The number of rotatable bonds is 6. The zero-order chi connectivity index (χ0) is 20.7. The van der Waals surface area contributed by atoms with E-state index in [1.165, 1.54) is 40.5 Å². The first-order valence-electron chi connectivity index (χ1n) is 11.4. The van der Waals surface area contributed by atoms with E-state index in [4.69, 9.17) is 0 Å². The summed E-state index contributed by atoms with van der Waals surface area (Å²) in [6.07, 6.45) is 12.6. The lowest BCUT2D eigenvalue weighted by Crippen LogP contribution is -2.34. The molecule has 1 saturated carbocycles. The van der Waals surface area contributed by atoms with Crippen LogP contribution in [0.4, 0.5) is 10.5 Å². The van der Waals surface area contributed by atoms with E-state index in [1.807, 2.05) is 0 Å². The molecule has 1 atom stereocenters. The Balaban J connectivity index is 1.25. The van der Waals surface area contributed by atoms with Crippen molar-refractivity contribution in [2.24, 2.45) is 5.92 Å². The smallest absolute Gasteiger partial charge is 0.307 e. The van der Waals surface area contributed by atoms with E-state index in [-0.39, 0.29) is 6.04 Å². The monoisotopic (exact) mass is 429 g/mol. The van der Waals surface area contributed by atoms with Crippen LogP contribution in [-0.2, 0) is 35.7 Å². The highest BCUT2D eigenvalue weighted by molar-refractivity contribution is 7.92. The van der Waals surface area contributed by atoms with Gasteiger partial charge in [0.1, 0.15) is 0 Å². The molecule has 1 unspecified atom stereocenters. The van der Waals surface area contributed by atoms with Gasteiger partial charge in [0.2, 0.25) is 0 Å². The van der Waals surface area contributed by atoms with Crippen LogP contribution < -0.4 is 10.0 Å². The fourth-order valence-corrected chi connectivity index (χ4v) is 6.16. The molecule has 0 bridgehead atoms. The normalized spacial score (nSPS) is 23.7. The molecule has 1 heterocycles. The largest absolute Gasteiger partial charge is 0.333 e. The van der Waals surface area contributed by atoms with Crippen molar-refractivity contribution in [3.05, 3.63) is 39.8 Å². The molecule has 7 heteroatoms. The Kier molecular flexibility index (Phi) is 5.35. The second-order valence-corrected chi connectivity index (χ2v) is 10.9. The van der Waals surface area contributed by atoms with Crippen LogP contribution in [0.25, 0.3) is 0 Å². The van der Waals surface area contributed by atoms with E-state index in [9.17, 15) is 13.2 Å². The Labute approximate surface area is 179 Å². The van der Waals surface area contributed by atoms with Crippen LogP contribution in [0, 0.1) is 5.92 Å². The number of fused-ring (bicyclic) bond motifs is 2. The number of amides is 2. The van der Waals surface area contributed by atoms with Gasteiger partial charge in [0.05, 0.1) is 0 Å². The summed E-state index contributed by atoms with van der Waals surface area (Å²) in [6, 6.07) is 1.79. The third-order valence-corrected chi connectivity index (χ3v) is 8.02. The van der Waals surface area contributed by atoms with Crippen molar-refractivity contribution in [2.75, 3.05) is 18.4 Å². The van der Waals surface area contributed by atoms with Crippen molar-refractivity contribution in [3.8, 4) is 0 Å². The Hall–Kier alpha value is -1.86. The van der Waals surface area contributed by atoms with Gasteiger partial charge in [-0.15, -0.1) is 0 Å². The summed E-state index contributed by atoms with van der Waals surface area (Å²) in [6.45, 7) is 2.09. The molecule has 2 N–H and O–H groups in total. The summed E-state index contributed by atoms with van der Waals surface area (Å²) in [5.74, 6) is 0.786. The number of sulfonamides is 1. The van der Waals surface area contributed by atoms with Crippen LogP contribution >= 0.6 is 0 Å². The number of carbonyl (C=O) groups excluding carboxylic acids is 1. The molecule has 1 aromatic carbocycles. The summed E-state index contributed by atoms with van der Waals surface area (Å²) in [5, 5.41) is 4.08. The average molecular weight is 430 g/mol. The summed E-state index contributed by atoms with van der Waals surface area (Å²) < 4.78 is 27.2. The van der Waals surface area contributed by atoms with Gasteiger partial charge in [0.15, 0.2) is 0 Å². The fraction of sp³-hybridized carbons (Fsp3) is 0.609. The second kappa shape index (κ2) is 8.00. The number of anilines is 1. The van der Waals surface area contributed by atoms with Gasteiger partial charge in [-0.3, -0.25) is 4.90 Å². The van der Waals surface area contributed by atoms with Crippen molar-refractivity contribution >= 4 is 21.7 Å². The van der Waals surface area contributed by atoms with Gasteiger partial charge < -0.3 is 5.32 Å². The molecule has 0 spiro atoms. The quantitative estimate of drug-likeness (QED) is 0.725. The Bertz CT molecular complexity index is 950. The van der Waals surface area contributed by atoms with E-state index in [1.54, 1.807) is 6.08 Å². The maximum Gasteiger partial charge on any atom is 0.333 e. The van der Waals surface area contributed by atoms with Gasteiger partial charge >= 0.3 is 6.03 Å². The molecule has 162 valence electrons. The summed E-state index contributed by atoms with van der Waals surface area (Å²) in [5.41, 5.74) is 5.87. The number of benzene rings is 1. The first-order valence-corrected chi connectivity index (χ1v) is 13.0. The first-order chi connectivity index (χ1) is 14.5. The number of urea groups is 1. The Morgan fingerprint density at radius 2 is 1.73 bits per heavy atom. The number of aryl methyl sites for hydroxylation is 2. The minimum Gasteiger partial charge on any atom is -0.307 e. The predicted molar refractivity (Wildman–Crippen MR) is 118 cm³/mol. The van der Waals surface area contributed by atoms with E-state index in [0.717, 1.165) is 76.1 Å². The lowest BCUT2D eigenvalue weighted by atomic mass is 9.99. The standard InChI is InChI=1S/C23H31N3O3S/c27-23(24-22-20-7-1-4-17(20)14-18-5-2-8-21(18)22)25-30(28,29)13-11-19-6-3-12-26(19)15-16-9-10-16/h11,13-14,16,19H,1-10,12,15H2,(H2,24,25,27)/b13-11+. The van der Waals surface area contributed by atoms with Gasteiger partial charge in [-0.1, -0.05) is 12.1 Å². The van der Waals surface area contributed by atoms with Crippen molar-refractivity contribution in [2.45, 2.75) is 70.3 Å². The minimum absolute atomic E-state index is 0.158. The number of nitrogens with one attached hydrogen (secondary N) is 2. The van der Waals surface area contributed by atoms with Gasteiger partial charge in [0.25, 0.3) is 10.0 Å². The van der Waals surface area contributed by atoms with Crippen LogP contribution in [-0.4, -0.2) is 38.5 Å². The number of carbonyl (C=O) groups is 1.